The van der Waals surface area contributed by atoms with Gasteiger partial charge in [-0.15, -0.1) is 10.2 Å². The number of fused-ring (bicyclic) bond motifs is 1. The first kappa shape index (κ1) is 15.6. The number of hydrogen-bond donors (Lipinski definition) is 0. The lowest BCUT2D eigenvalue weighted by Crippen LogP contribution is -2.43. The first-order valence-corrected chi connectivity index (χ1v) is 9.17. The third kappa shape index (κ3) is 3.61. The van der Waals surface area contributed by atoms with Gasteiger partial charge in [-0.05, 0) is 17.7 Å². The number of hydrogen-bond acceptors (Lipinski definition) is 5. The van der Waals surface area contributed by atoms with Gasteiger partial charge < -0.3 is 4.74 Å². The molecule has 0 radical (unpaired) electrons. The van der Waals surface area contributed by atoms with Gasteiger partial charge in [0.1, 0.15) is 0 Å². The second kappa shape index (κ2) is 7.34. The van der Waals surface area contributed by atoms with Crippen molar-refractivity contribution in [3.63, 3.8) is 0 Å². The third-order valence-electron chi connectivity index (χ3n) is 4.15. The van der Waals surface area contributed by atoms with Crippen LogP contribution < -0.4 is 0 Å². The van der Waals surface area contributed by atoms with Crippen molar-refractivity contribution in [1.82, 2.24) is 19.5 Å². The fourth-order valence-electron chi connectivity index (χ4n) is 2.95. The maximum atomic E-state index is 5.94. The predicted octanol–water partition coefficient (Wildman–Crippen LogP) is 2.72. The molecule has 0 unspecified atom stereocenters. The van der Waals surface area contributed by atoms with Crippen molar-refractivity contribution in [3.05, 3.63) is 60.3 Å². The highest BCUT2D eigenvalue weighted by Crippen LogP contribution is 2.20. The molecule has 1 saturated heterocycles. The zero-order chi connectivity index (χ0) is 16.2. The Balaban J connectivity index is 1.35. The quantitative estimate of drug-likeness (QED) is 0.668. The van der Waals surface area contributed by atoms with E-state index in [1.165, 1.54) is 5.56 Å². The number of aromatic nitrogens is 3. The summed E-state index contributed by atoms with van der Waals surface area (Å²) >= 11 is 1.71. The van der Waals surface area contributed by atoms with E-state index >= 15 is 0 Å². The molecule has 124 valence electrons. The zero-order valence-electron chi connectivity index (χ0n) is 13.4. The number of thioether (sulfide) groups is 1. The van der Waals surface area contributed by atoms with Gasteiger partial charge in [-0.25, -0.2) is 0 Å². The number of benzene rings is 1. The van der Waals surface area contributed by atoms with E-state index in [1.807, 2.05) is 28.8 Å². The van der Waals surface area contributed by atoms with Crippen LogP contribution in [0.25, 0.3) is 5.65 Å². The standard InChI is InChI=1S/C18H20N4OS/c1-2-6-15(7-3-1)12-21-10-11-23-16(13-21)14-24-18-20-19-17-8-4-5-9-22(17)18/h1-9,16H,10-14H2/t16-/m0/s1. The molecular formula is C18H20N4OS. The summed E-state index contributed by atoms with van der Waals surface area (Å²) in [7, 11) is 0. The van der Waals surface area contributed by atoms with Crippen LogP contribution in [0, 0.1) is 0 Å². The van der Waals surface area contributed by atoms with E-state index in [9.17, 15) is 0 Å². The SMILES string of the molecule is c1ccc(CN2CCO[C@H](CSc3nnc4ccccn34)C2)cc1. The molecule has 1 aliphatic rings. The normalized spacial score (nSPS) is 18.9. The van der Waals surface area contributed by atoms with E-state index in [-0.39, 0.29) is 6.10 Å². The average molecular weight is 340 g/mol. The van der Waals surface area contributed by atoms with Crippen molar-refractivity contribution in [3.8, 4) is 0 Å². The van der Waals surface area contributed by atoms with Gasteiger partial charge in [0.05, 0.1) is 12.7 Å². The molecule has 3 heterocycles. The summed E-state index contributed by atoms with van der Waals surface area (Å²) in [5.74, 6) is 0.890. The molecule has 1 aliphatic heterocycles. The van der Waals surface area contributed by atoms with Gasteiger partial charge in [-0.3, -0.25) is 9.30 Å². The maximum Gasteiger partial charge on any atom is 0.195 e. The smallest absolute Gasteiger partial charge is 0.195 e. The fourth-order valence-corrected chi connectivity index (χ4v) is 3.88. The molecule has 1 fully saturated rings. The summed E-state index contributed by atoms with van der Waals surface area (Å²) in [4.78, 5) is 2.46. The zero-order valence-corrected chi connectivity index (χ0v) is 14.2. The molecule has 0 amide bonds. The number of rotatable bonds is 5. The van der Waals surface area contributed by atoms with Gasteiger partial charge in [-0.1, -0.05) is 48.2 Å². The summed E-state index contributed by atoms with van der Waals surface area (Å²) in [5, 5.41) is 9.39. The first-order valence-electron chi connectivity index (χ1n) is 8.19. The lowest BCUT2D eigenvalue weighted by Gasteiger charge is -2.32. The third-order valence-corrected chi connectivity index (χ3v) is 5.23. The lowest BCUT2D eigenvalue weighted by molar-refractivity contribution is -0.0187. The van der Waals surface area contributed by atoms with E-state index in [2.05, 4.69) is 45.4 Å². The Morgan fingerprint density at radius 1 is 1.08 bits per heavy atom. The Labute approximate surface area is 145 Å². The van der Waals surface area contributed by atoms with Crippen molar-refractivity contribution in [1.29, 1.82) is 0 Å². The molecule has 0 N–H and O–H groups in total. The van der Waals surface area contributed by atoms with Gasteiger partial charge in [0, 0.05) is 31.6 Å². The van der Waals surface area contributed by atoms with Crippen molar-refractivity contribution in [2.24, 2.45) is 0 Å². The van der Waals surface area contributed by atoms with Crippen LogP contribution >= 0.6 is 11.8 Å². The first-order chi connectivity index (χ1) is 11.9. The number of pyridine rings is 1. The minimum absolute atomic E-state index is 0.225. The van der Waals surface area contributed by atoms with Crippen LogP contribution in [0.5, 0.6) is 0 Å². The summed E-state index contributed by atoms with van der Waals surface area (Å²) in [6.07, 6.45) is 2.23. The van der Waals surface area contributed by atoms with Gasteiger partial charge >= 0.3 is 0 Å². The summed E-state index contributed by atoms with van der Waals surface area (Å²) in [6.45, 7) is 3.72. The van der Waals surface area contributed by atoms with E-state index in [4.69, 9.17) is 4.74 Å². The fraction of sp³-hybridized carbons (Fsp3) is 0.333. The van der Waals surface area contributed by atoms with Gasteiger partial charge in [0.25, 0.3) is 0 Å². The van der Waals surface area contributed by atoms with E-state index in [1.54, 1.807) is 11.8 Å². The van der Waals surface area contributed by atoms with E-state index in [0.29, 0.717) is 0 Å². The molecule has 4 rings (SSSR count). The van der Waals surface area contributed by atoms with Crippen molar-refractivity contribution >= 4 is 17.4 Å². The van der Waals surface area contributed by atoms with Crippen LogP contribution in [0.2, 0.25) is 0 Å². The minimum atomic E-state index is 0.225. The van der Waals surface area contributed by atoms with Crippen LogP contribution in [0.4, 0.5) is 0 Å². The van der Waals surface area contributed by atoms with Crippen LogP contribution in [-0.4, -0.2) is 51.1 Å². The Hall–Kier alpha value is -1.89. The van der Waals surface area contributed by atoms with Crippen LogP contribution in [0.15, 0.2) is 59.9 Å². The minimum Gasteiger partial charge on any atom is -0.375 e. The van der Waals surface area contributed by atoms with Gasteiger partial charge in [0.2, 0.25) is 0 Å². The van der Waals surface area contributed by atoms with Crippen LogP contribution in [-0.2, 0) is 11.3 Å². The summed E-state index contributed by atoms with van der Waals surface area (Å²) < 4.78 is 7.96. The molecular weight excluding hydrogens is 320 g/mol. The number of ether oxygens (including phenoxy) is 1. The van der Waals surface area contributed by atoms with Crippen molar-refractivity contribution in [2.45, 2.75) is 17.8 Å². The van der Waals surface area contributed by atoms with Crippen LogP contribution in [0.3, 0.4) is 0 Å². The molecule has 1 aromatic carbocycles. The molecule has 6 heteroatoms. The van der Waals surface area contributed by atoms with Crippen LogP contribution in [0.1, 0.15) is 5.56 Å². The molecule has 2 aromatic heterocycles. The Morgan fingerprint density at radius 2 is 1.96 bits per heavy atom. The highest BCUT2D eigenvalue weighted by atomic mass is 32.2. The number of morpholine rings is 1. The Bertz CT molecular complexity index is 792. The molecule has 1 atom stereocenters. The molecule has 3 aromatic rings. The topological polar surface area (TPSA) is 42.7 Å². The second-order valence-corrected chi connectivity index (χ2v) is 6.92. The average Bonchev–Trinajstić information content (AvgIpc) is 3.04. The molecule has 5 nitrogen and oxygen atoms in total. The summed E-state index contributed by atoms with van der Waals surface area (Å²) in [5.41, 5.74) is 2.24. The highest BCUT2D eigenvalue weighted by Gasteiger charge is 2.21. The molecule has 0 bridgehead atoms. The van der Waals surface area contributed by atoms with Gasteiger partial charge in [0.15, 0.2) is 10.8 Å². The number of nitrogens with zero attached hydrogens (tertiary/aromatic N) is 4. The molecule has 0 spiro atoms. The second-order valence-electron chi connectivity index (χ2n) is 5.94. The predicted molar refractivity (Wildman–Crippen MR) is 95.2 cm³/mol. The highest BCUT2D eigenvalue weighted by molar-refractivity contribution is 7.99. The molecule has 24 heavy (non-hydrogen) atoms. The Morgan fingerprint density at radius 3 is 2.88 bits per heavy atom. The van der Waals surface area contributed by atoms with E-state index < -0.39 is 0 Å². The largest absolute Gasteiger partial charge is 0.375 e. The van der Waals surface area contributed by atoms with Crippen molar-refractivity contribution in [2.75, 3.05) is 25.4 Å². The maximum absolute atomic E-state index is 5.94. The van der Waals surface area contributed by atoms with E-state index in [0.717, 1.165) is 42.8 Å². The summed E-state index contributed by atoms with van der Waals surface area (Å²) in [6, 6.07) is 16.6. The molecule has 0 saturated carbocycles. The lowest BCUT2D eigenvalue weighted by atomic mass is 10.2. The van der Waals surface area contributed by atoms with Crippen molar-refractivity contribution < 1.29 is 4.74 Å². The molecule has 0 aliphatic carbocycles. The van der Waals surface area contributed by atoms with Gasteiger partial charge in [-0.2, -0.15) is 0 Å². The Kier molecular flexibility index (Phi) is 4.78. The monoisotopic (exact) mass is 340 g/mol.